The van der Waals surface area contributed by atoms with Gasteiger partial charge in [-0.1, -0.05) is 10.3 Å². The molecule has 1 heterocycles. The van der Waals surface area contributed by atoms with Crippen LogP contribution in [0.1, 0.15) is 25.3 Å². The van der Waals surface area contributed by atoms with Crippen LogP contribution in [0, 0.1) is 4.77 Å². The lowest BCUT2D eigenvalue weighted by atomic mass is 10.2. The molecule has 1 N–H and O–H groups in total. The third-order valence-corrected chi connectivity index (χ3v) is 2.82. The molecule has 2 atom stereocenters. The number of methoxy groups -OCH3 is 1. The van der Waals surface area contributed by atoms with Gasteiger partial charge in [-0.3, -0.25) is 0 Å². The summed E-state index contributed by atoms with van der Waals surface area (Å²) in [6, 6.07) is 0.285. The van der Waals surface area contributed by atoms with Crippen molar-refractivity contribution in [2.75, 3.05) is 7.11 Å². The van der Waals surface area contributed by atoms with Gasteiger partial charge in [-0.15, -0.1) is 0 Å². The average molecular weight is 200 g/mol. The molecule has 13 heavy (non-hydrogen) atoms. The summed E-state index contributed by atoms with van der Waals surface area (Å²) < 4.78 is 7.68. The van der Waals surface area contributed by atoms with Gasteiger partial charge in [0.2, 0.25) is 4.77 Å². The van der Waals surface area contributed by atoms with Crippen molar-refractivity contribution in [3.8, 4) is 0 Å². The van der Waals surface area contributed by atoms with E-state index in [4.69, 9.17) is 17.0 Å². The predicted molar refractivity (Wildman–Crippen MR) is 48.9 cm³/mol. The van der Waals surface area contributed by atoms with Gasteiger partial charge in [-0.2, -0.15) is 5.21 Å². The van der Waals surface area contributed by atoms with Gasteiger partial charge in [0.15, 0.2) is 0 Å². The molecule has 1 aliphatic carbocycles. The number of nitrogens with one attached hydrogen (secondary N) is 1. The minimum Gasteiger partial charge on any atom is -0.379 e. The number of nitrogens with zero attached hydrogens (tertiary/aromatic N) is 3. The lowest BCUT2D eigenvalue weighted by molar-refractivity contribution is 0.0697. The Morgan fingerprint density at radius 1 is 1.62 bits per heavy atom. The van der Waals surface area contributed by atoms with Crippen molar-refractivity contribution in [3.63, 3.8) is 0 Å². The Morgan fingerprint density at radius 2 is 2.46 bits per heavy atom. The second kappa shape index (κ2) is 3.55. The van der Waals surface area contributed by atoms with E-state index in [9.17, 15) is 0 Å². The molecule has 0 bridgehead atoms. The average Bonchev–Trinajstić information content (AvgIpc) is 2.71. The van der Waals surface area contributed by atoms with Crippen molar-refractivity contribution in [2.24, 2.45) is 0 Å². The number of hydrogen-bond donors (Lipinski definition) is 1. The molecule has 0 radical (unpaired) electrons. The fourth-order valence-corrected chi connectivity index (χ4v) is 2.11. The van der Waals surface area contributed by atoms with Crippen LogP contribution in [0.25, 0.3) is 0 Å². The van der Waals surface area contributed by atoms with Gasteiger partial charge >= 0.3 is 0 Å². The Bertz CT molecular complexity index is 333. The maximum atomic E-state index is 5.36. The van der Waals surface area contributed by atoms with E-state index in [-0.39, 0.29) is 12.1 Å². The Morgan fingerprint density at radius 3 is 3.08 bits per heavy atom. The third kappa shape index (κ3) is 1.51. The van der Waals surface area contributed by atoms with Crippen LogP contribution < -0.4 is 0 Å². The second-order valence-electron chi connectivity index (χ2n) is 3.22. The Kier molecular flexibility index (Phi) is 2.41. The number of aromatic nitrogens is 4. The van der Waals surface area contributed by atoms with Gasteiger partial charge in [0, 0.05) is 7.11 Å². The first-order valence-electron chi connectivity index (χ1n) is 4.35. The van der Waals surface area contributed by atoms with E-state index < -0.39 is 0 Å². The molecule has 1 fully saturated rings. The van der Waals surface area contributed by atoms with Crippen molar-refractivity contribution in [2.45, 2.75) is 31.4 Å². The molecule has 1 aromatic rings. The molecular weight excluding hydrogens is 188 g/mol. The van der Waals surface area contributed by atoms with E-state index in [0.717, 1.165) is 12.8 Å². The van der Waals surface area contributed by atoms with E-state index in [0.29, 0.717) is 4.77 Å². The quantitative estimate of drug-likeness (QED) is 0.726. The van der Waals surface area contributed by atoms with Crippen molar-refractivity contribution < 1.29 is 4.74 Å². The van der Waals surface area contributed by atoms with Crippen LogP contribution >= 0.6 is 12.2 Å². The zero-order valence-corrected chi connectivity index (χ0v) is 8.25. The minimum absolute atomic E-state index is 0.244. The Hall–Kier alpha value is -0.750. The smallest absolute Gasteiger partial charge is 0.238 e. The Labute approximate surface area is 81.1 Å². The second-order valence-corrected chi connectivity index (χ2v) is 3.59. The zero-order chi connectivity index (χ0) is 9.26. The van der Waals surface area contributed by atoms with Gasteiger partial charge in [-0.25, -0.2) is 4.68 Å². The van der Waals surface area contributed by atoms with E-state index >= 15 is 0 Å². The molecule has 0 spiro atoms. The largest absolute Gasteiger partial charge is 0.379 e. The van der Waals surface area contributed by atoms with Crippen LogP contribution in [0.4, 0.5) is 0 Å². The van der Waals surface area contributed by atoms with Crippen LogP contribution in [0.3, 0.4) is 0 Å². The highest BCUT2D eigenvalue weighted by molar-refractivity contribution is 7.71. The molecule has 5 nitrogen and oxygen atoms in total. The maximum absolute atomic E-state index is 5.36. The maximum Gasteiger partial charge on any atom is 0.238 e. The van der Waals surface area contributed by atoms with Gasteiger partial charge in [0.1, 0.15) is 0 Å². The first kappa shape index (κ1) is 8.83. The molecule has 2 rings (SSSR count). The van der Waals surface area contributed by atoms with Crippen molar-refractivity contribution >= 4 is 12.2 Å². The molecule has 72 valence electrons. The zero-order valence-electron chi connectivity index (χ0n) is 7.43. The summed E-state index contributed by atoms with van der Waals surface area (Å²) in [6.45, 7) is 0. The van der Waals surface area contributed by atoms with Gasteiger partial charge in [0.25, 0.3) is 0 Å². The van der Waals surface area contributed by atoms with Gasteiger partial charge < -0.3 is 4.74 Å². The first-order chi connectivity index (χ1) is 6.33. The molecule has 6 heteroatoms. The van der Waals surface area contributed by atoms with Crippen LogP contribution in [-0.2, 0) is 4.74 Å². The highest BCUT2D eigenvalue weighted by atomic mass is 32.1. The molecule has 2 unspecified atom stereocenters. The normalized spacial score (nSPS) is 28.1. The van der Waals surface area contributed by atoms with Crippen molar-refractivity contribution in [1.82, 2.24) is 20.2 Å². The summed E-state index contributed by atoms with van der Waals surface area (Å²) in [5.74, 6) is 0. The van der Waals surface area contributed by atoms with Crippen molar-refractivity contribution in [1.29, 1.82) is 0 Å². The topological polar surface area (TPSA) is 55.7 Å². The van der Waals surface area contributed by atoms with E-state index in [2.05, 4.69) is 15.5 Å². The molecule has 0 aromatic carbocycles. The SMILES string of the molecule is COC1CCCC1n1[nH]nnc1=S. The number of H-pyrrole nitrogens is 1. The predicted octanol–water partition coefficient (Wildman–Crippen LogP) is 1.08. The summed E-state index contributed by atoms with van der Waals surface area (Å²) in [6.07, 6.45) is 3.58. The summed E-state index contributed by atoms with van der Waals surface area (Å²) in [5.41, 5.74) is 0. The lowest BCUT2D eigenvalue weighted by Gasteiger charge is -2.17. The monoisotopic (exact) mass is 200 g/mol. The van der Waals surface area contributed by atoms with Crippen LogP contribution in [-0.4, -0.2) is 33.4 Å². The van der Waals surface area contributed by atoms with Gasteiger partial charge in [0.05, 0.1) is 12.1 Å². The summed E-state index contributed by atoms with van der Waals surface area (Å²) in [5, 5.41) is 10.2. The molecule has 1 saturated carbocycles. The number of aromatic amines is 1. The van der Waals surface area contributed by atoms with E-state index in [1.54, 1.807) is 7.11 Å². The van der Waals surface area contributed by atoms with Crippen LogP contribution in [0.2, 0.25) is 0 Å². The van der Waals surface area contributed by atoms with Crippen LogP contribution in [0.15, 0.2) is 0 Å². The van der Waals surface area contributed by atoms with Crippen molar-refractivity contribution in [3.05, 3.63) is 4.77 Å². The number of rotatable bonds is 2. The number of tetrazole rings is 1. The molecular formula is C7H12N4OS. The molecule has 0 aliphatic heterocycles. The summed E-state index contributed by atoms with van der Waals surface area (Å²) >= 11 is 5.03. The summed E-state index contributed by atoms with van der Waals surface area (Å²) in [4.78, 5) is 0. The van der Waals surface area contributed by atoms with E-state index in [1.165, 1.54) is 6.42 Å². The first-order valence-corrected chi connectivity index (χ1v) is 4.76. The standard InChI is InChI=1S/C7H12N4OS/c1-12-6-4-2-3-5(6)11-7(13)8-9-10-11/h5-6H,2-4H2,1H3,(H,8,10,13). The van der Waals surface area contributed by atoms with E-state index in [1.807, 2.05) is 4.68 Å². The molecule has 1 aliphatic rings. The highest BCUT2D eigenvalue weighted by Gasteiger charge is 2.29. The highest BCUT2D eigenvalue weighted by Crippen LogP contribution is 2.31. The number of ether oxygens (including phenoxy) is 1. The fraction of sp³-hybridized carbons (Fsp3) is 0.857. The minimum atomic E-state index is 0.244. The Balaban J connectivity index is 2.26. The molecule has 0 saturated heterocycles. The van der Waals surface area contributed by atoms with Crippen LogP contribution in [0.5, 0.6) is 0 Å². The van der Waals surface area contributed by atoms with Gasteiger partial charge in [-0.05, 0) is 31.5 Å². The lowest BCUT2D eigenvalue weighted by Crippen LogP contribution is -2.21. The third-order valence-electron chi connectivity index (χ3n) is 2.55. The number of hydrogen-bond acceptors (Lipinski definition) is 4. The molecule has 0 amide bonds. The summed E-state index contributed by atoms with van der Waals surface area (Å²) in [7, 11) is 1.73. The molecule has 1 aromatic heterocycles. The fourth-order valence-electron chi connectivity index (χ4n) is 1.90.